The largest absolute Gasteiger partial charge is 0.465 e. The van der Waals surface area contributed by atoms with Crippen molar-refractivity contribution in [2.75, 3.05) is 16.7 Å². The minimum absolute atomic E-state index is 0.0722. The number of para-hydroxylation sites is 1. The van der Waals surface area contributed by atoms with Gasteiger partial charge in [-0.1, -0.05) is 60.1 Å². The fraction of sp³-hybridized carbons (Fsp3) is 0.0714. The Balaban J connectivity index is 1.55. The molecular formula is C28H23ClN2O5S. The van der Waals surface area contributed by atoms with Crippen LogP contribution >= 0.6 is 11.6 Å². The summed E-state index contributed by atoms with van der Waals surface area (Å²) in [5.74, 6) is -1.01. The smallest absolute Gasteiger partial charge is 0.339 e. The minimum Gasteiger partial charge on any atom is -0.465 e. The first-order chi connectivity index (χ1) is 17.8. The van der Waals surface area contributed by atoms with Crippen LogP contribution in [0.1, 0.15) is 26.3 Å². The van der Waals surface area contributed by atoms with Gasteiger partial charge in [-0.2, -0.15) is 0 Å². The molecule has 188 valence electrons. The molecule has 0 radical (unpaired) electrons. The molecule has 0 atom stereocenters. The van der Waals surface area contributed by atoms with Crippen LogP contribution in [-0.4, -0.2) is 27.4 Å². The number of nitrogens with one attached hydrogen (secondary N) is 1. The van der Waals surface area contributed by atoms with E-state index in [4.69, 9.17) is 16.3 Å². The van der Waals surface area contributed by atoms with Gasteiger partial charge >= 0.3 is 5.97 Å². The molecule has 0 bridgehead atoms. The number of hydrogen-bond acceptors (Lipinski definition) is 5. The lowest BCUT2D eigenvalue weighted by Crippen LogP contribution is -2.30. The number of methoxy groups -OCH3 is 1. The summed E-state index contributed by atoms with van der Waals surface area (Å²) in [6.45, 7) is 0.0722. The van der Waals surface area contributed by atoms with E-state index in [9.17, 15) is 18.0 Å². The van der Waals surface area contributed by atoms with Crippen molar-refractivity contribution in [3.05, 3.63) is 125 Å². The van der Waals surface area contributed by atoms with Crippen LogP contribution in [0.2, 0.25) is 5.02 Å². The number of carbonyl (C=O) groups is 2. The second-order valence-electron chi connectivity index (χ2n) is 8.00. The first kappa shape index (κ1) is 25.9. The van der Waals surface area contributed by atoms with Crippen molar-refractivity contribution in [1.29, 1.82) is 0 Å². The molecule has 4 rings (SSSR count). The van der Waals surface area contributed by atoms with Crippen molar-refractivity contribution < 1.29 is 22.7 Å². The Morgan fingerprint density at radius 1 is 0.865 bits per heavy atom. The Hall–Kier alpha value is -4.14. The summed E-state index contributed by atoms with van der Waals surface area (Å²) in [4.78, 5) is 24.8. The predicted octanol–water partition coefficient (Wildman–Crippen LogP) is 5.77. The van der Waals surface area contributed by atoms with Crippen molar-refractivity contribution in [2.45, 2.75) is 11.4 Å². The van der Waals surface area contributed by atoms with Gasteiger partial charge in [0.15, 0.2) is 0 Å². The molecule has 0 aromatic heterocycles. The van der Waals surface area contributed by atoms with Crippen LogP contribution in [0.4, 0.5) is 11.4 Å². The summed E-state index contributed by atoms with van der Waals surface area (Å²) in [6, 6.07) is 28.2. The van der Waals surface area contributed by atoms with Crippen LogP contribution < -0.4 is 9.62 Å². The predicted molar refractivity (Wildman–Crippen MR) is 143 cm³/mol. The quantitative estimate of drug-likeness (QED) is 0.289. The number of benzene rings is 4. The first-order valence-electron chi connectivity index (χ1n) is 11.2. The maximum absolute atomic E-state index is 13.5. The standard InChI is InChI=1S/C28H23ClN2O5S/c1-36-28(33)25-18-22(16-17-26(25)29)30-27(32)21-14-12-20(13-15-21)19-31(23-8-4-2-5-9-23)37(34,35)24-10-6-3-7-11-24/h2-18H,19H2,1H3,(H,30,32). The van der Waals surface area contributed by atoms with Gasteiger partial charge in [-0.25, -0.2) is 13.2 Å². The fourth-order valence-corrected chi connectivity index (χ4v) is 5.30. The molecule has 0 heterocycles. The molecule has 4 aromatic rings. The van der Waals surface area contributed by atoms with Crippen molar-refractivity contribution in [2.24, 2.45) is 0 Å². The van der Waals surface area contributed by atoms with Crippen LogP contribution in [0.25, 0.3) is 0 Å². The third-order valence-electron chi connectivity index (χ3n) is 5.55. The molecule has 1 amide bonds. The second-order valence-corrected chi connectivity index (χ2v) is 10.3. The molecule has 0 fully saturated rings. The van der Waals surface area contributed by atoms with Gasteiger partial charge in [-0.15, -0.1) is 0 Å². The van der Waals surface area contributed by atoms with E-state index in [2.05, 4.69) is 5.32 Å². The van der Waals surface area contributed by atoms with Gasteiger partial charge in [-0.05, 0) is 60.2 Å². The van der Waals surface area contributed by atoms with Gasteiger partial charge in [-0.3, -0.25) is 9.10 Å². The van der Waals surface area contributed by atoms with E-state index >= 15 is 0 Å². The number of ether oxygens (including phenoxy) is 1. The highest BCUT2D eigenvalue weighted by Crippen LogP contribution is 2.26. The Kier molecular flexibility index (Phi) is 7.91. The number of rotatable bonds is 8. The number of anilines is 2. The topological polar surface area (TPSA) is 92.8 Å². The molecule has 1 N–H and O–H groups in total. The van der Waals surface area contributed by atoms with Crippen LogP contribution in [0, 0.1) is 0 Å². The fourth-order valence-electron chi connectivity index (χ4n) is 3.63. The highest BCUT2D eigenvalue weighted by Gasteiger charge is 2.25. The molecule has 7 nitrogen and oxygen atoms in total. The van der Waals surface area contributed by atoms with Crippen LogP contribution in [0.3, 0.4) is 0 Å². The first-order valence-corrected chi connectivity index (χ1v) is 13.0. The van der Waals surface area contributed by atoms with Gasteiger partial charge in [0.2, 0.25) is 0 Å². The Labute approximate surface area is 220 Å². The van der Waals surface area contributed by atoms with E-state index in [1.807, 2.05) is 6.07 Å². The zero-order chi connectivity index (χ0) is 26.4. The van der Waals surface area contributed by atoms with E-state index in [0.717, 1.165) is 0 Å². The van der Waals surface area contributed by atoms with E-state index in [1.165, 1.54) is 23.5 Å². The lowest BCUT2D eigenvalue weighted by molar-refractivity contribution is 0.0600. The molecule has 4 aromatic carbocycles. The van der Waals surface area contributed by atoms with Crippen LogP contribution in [0.5, 0.6) is 0 Å². The van der Waals surface area contributed by atoms with Gasteiger partial charge in [0, 0.05) is 11.3 Å². The van der Waals surface area contributed by atoms with Crippen molar-refractivity contribution in [1.82, 2.24) is 0 Å². The number of amides is 1. The summed E-state index contributed by atoms with van der Waals surface area (Å²) in [7, 11) is -2.59. The lowest BCUT2D eigenvalue weighted by Gasteiger charge is -2.25. The van der Waals surface area contributed by atoms with E-state index in [1.54, 1.807) is 84.9 Å². The van der Waals surface area contributed by atoms with Crippen molar-refractivity contribution in [3.63, 3.8) is 0 Å². The lowest BCUT2D eigenvalue weighted by atomic mass is 10.1. The molecule has 37 heavy (non-hydrogen) atoms. The summed E-state index contributed by atoms with van der Waals surface area (Å²) < 4.78 is 33.0. The maximum Gasteiger partial charge on any atom is 0.339 e. The number of nitrogens with zero attached hydrogens (tertiary/aromatic N) is 1. The zero-order valence-electron chi connectivity index (χ0n) is 19.8. The number of esters is 1. The van der Waals surface area contributed by atoms with E-state index in [-0.39, 0.29) is 22.0 Å². The van der Waals surface area contributed by atoms with Gasteiger partial charge in [0.25, 0.3) is 15.9 Å². The zero-order valence-corrected chi connectivity index (χ0v) is 21.4. The molecule has 0 aliphatic carbocycles. The maximum atomic E-state index is 13.5. The van der Waals surface area contributed by atoms with Gasteiger partial charge in [0.1, 0.15) is 0 Å². The SMILES string of the molecule is COC(=O)c1cc(NC(=O)c2ccc(CN(c3ccccc3)S(=O)(=O)c3ccccc3)cc2)ccc1Cl. The number of halogens is 1. The normalized spacial score (nSPS) is 11.0. The second kappa shape index (κ2) is 11.3. The molecule has 0 aliphatic heterocycles. The number of hydrogen-bond donors (Lipinski definition) is 1. The summed E-state index contributed by atoms with van der Waals surface area (Å²) in [5, 5.41) is 2.94. The third-order valence-corrected chi connectivity index (χ3v) is 7.66. The van der Waals surface area contributed by atoms with Crippen LogP contribution in [-0.2, 0) is 21.3 Å². The molecule has 0 saturated carbocycles. The summed E-state index contributed by atoms with van der Waals surface area (Å²) in [5.41, 5.74) is 2.09. The summed E-state index contributed by atoms with van der Waals surface area (Å²) >= 11 is 6.04. The Morgan fingerprint density at radius 2 is 1.49 bits per heavy atom. The highest BCUT2D eigenvalue weighted by atomic mass is 35.5. The average Bonchev–Trinajstić information content (AvgIpc) is 2.93. The minimum atomic E-state index is -3.83. The van der Waals surface area contributed by atoms with E-state index in [0.29, 0.717) is 22.5 Å². The van der Waals surface area contributed by atoms with Crippen LogP contribution in [0.15, 0.2) is 108 Å². The monoisotopic (exact) mass is 534 g/mol. The number of sulfonamides is 1. The van der Waals surface area contributed by atoms with E-state index < -0.39 is 21.9 Å². The Bertz CT molecular complexity index is 1510. The third kappa shape index (κ3) is 5.99. The summed E-state index contributed by atoms with van der Waals surface area (Å²) in [6.07, 6.45) is 0. The Morgan fingerprint density at radius 3 is 2.11 bits per heavy atom. The van der Waals surface area contributed by atoms with Gasteiger partial charge < -0.3 is 10.1 Å². The molecule has 9 heteroatoms. The number of carbonyl (C=O) groups excluding carboxylic acids is 2. The molecule has 0 unspecified atom stereocenters. The molecule has 0 spiro atoms. The molecule has 0 aliphatic rings. The van der Waals surface area contributed by atoms with Gasteiger partial charge in [0.05, 0.1) is 34.8 Å². The van der Waals surface area contributed by atoms with Crippen molar-refractivity contribution >= 4 is 44.9 Å². The average molecular weight is 535 g/mol. The molecular weight excluding hydrogens is 512 g/mol. The van der Waals surface area contributed by atoms with Crippen molar-refractivity contribution in [3.8, 4) is 0 Å². The molecule has 0 saturated heterocycles. The highest BCUT2D eigenvalue weighted by molar-refractivity contribution is 7.92.